The first-order chi connectivity index (χ1) is 9.86. The minimum absolute atomic E-state index is 0.450. The molecule has 1 aliphatic rings. The summed E-state index contributed by atoms with van der Waals surface area (Å²) in [6, 6.07) is 7.82. The Morgan fingerprint density at radius 2 is 1.65 bits per heavy atom. The number of aromatic nitrogens is 3. The molecule has 0 amide bonds. The van der Waals surface area contributed by atoms with Crippen LogP contribution in [0.2, 0.25) is 0 Å². The number of rotatable bonds is 3. The number of hydrogen-bond donors (Lipinski definition) is 0. The van der Waals surface area contributed by atoms with Crippen LogP contribution < -0.4 is 9.80 Å². The van der Waals surface area contributed by atoms with Gasteiger partial charge < -0.3 is 9.80 Å². The molecular formula is C14H16ClN5. The Kier molecular flexibility index (Phi) is 3.97. The van der Waals surface area contributed by atoms with Crippen molar-refractivity contribution in [3.63, 3.8) is 0 Å². The van der Waals surface area contributed by atoms with E-state index in [9.17, 15) is 0 Å². The van der Waals surface area contributed by atoms with Gasteiger partial charge in [0.2, 0.25) is 5.95 Å². The summed E-state index contributed by atoms with van der Waals surface area (Å²) in [5, 5.41) is 0. The Bertz CT molecular complexity index is 555. The van der Waals surface area contributed by atoms with Crippen LogP contribution in [0.5, 0.6) is 0 Å². The first-order valence-corrected chi connectivity index (χ1v) is 7.19. The third-order valence-electron chi connectivity index (χ3n) is 3.37. The summed E-state index contributed by atoms with van der Waals surface area (Å²) in [4.78, 5) is 17.6. The van der Waals surface area contributed by atoms with Gasteiger partial charge in [0, 0.05) is 38.6 Å². The molecule has 104 valence electrons. The third-order valence-corrected chi connectivity index (χ3v) is 3.64. The van der Waals surface area contributed by atoms with E-state index in [0.29, 0.717) is 5.88 Å². The van der Waals surface area contributed by atoms with Gasteiger partial charge in [-0.25, -0.2) is 15.0 Å². The first kappa shape index (κ1) is 13.1. The van der Waals surface area contributed by atoms with Crippen molar-refractivity contribution in [2.75, 3.05) is 36.0 Å². The lowest BCUT2D eigenvalue weighted by atomic mass is 10.3. The molecule has 0 aliphatic carbocycles. The summed E-state index contributed by atoms with van der Waals surface area (Å²) in [6.45, 7) is 3.63. The molecule has 5 nitrogen and oxygen atoms in total. The van der Waals surface area contributed by atoms with E-state index in [1.54, 1.807) is 12.4 Å². The van der Waals surface area contributed by atoms with Gasteiger partial charge in [-0.15, -0.1) is 11.6 Å². The molecule has 0 bridgehead atoms. The van der Waals surface area contributed by atoms with Crippen molar-refractivity contribution < 1.29 is 0 Å². The highest BCUT2D eigenvalue weighted by atomic mass is 35.5. The van der Waals surface area contributed by atoms with Crippen molar-refractivity contribution in [2.45, 2.75) is 5.88 Å². The van der Waals surface area contributed by atoms with E-state index in [0.717, 1.165) is 43.6 Å². The molecule has 3 heterocycles. The lowest BCUT2D eigenvalue weighted by Crippen LogP contribution is -2.47. The molecule has 0 spiro atoms. The molecule has 3 rings (SSSR count). The molecule has 1 fully saturated rings. The number of anilines is 2. The topological polar surface area (TPSA) is 45.2 Å². The average molecular weight is 290 g/mol. The number of halogens is 1. The summed E-state index contributed by atoms with van der Waals surface area (Å²) in [7, 11) is 0. The fourth-order valence-electron chi connectivity index (χ4n) is 2.31. The van der Waals surface area contributed by atoms with E-state index in [-0.39, 0.29) is 0 Å². The van der Waals surface area contributed by atoms with E-state index in [2.05, 4.69) is 24.8 Å². The maximum atomic E-state index is 5.84. The zero-order chi connectivity index (χ0) is 13.8. The van der Waals surface area contributed by atoms with Crippen LogP contribution in [0.4, 0.5) is 11.8 Å². The van der Waals surface area contributed by atoms with Crippen LogP contribution >= 0.6 is 11.6 Å². The second-order valence-electron chi connectivity index (χ2n) is 4.64. The summed E-state index contributed by atoms with van der Waals surface area (Å²) < 4.78 is 0. The molecule has 0 saturated carbocycles. The van der Waals surface area contributed by atoms with E-state index >= 15 is 0 Å². The first-order valence-electron chi connectivity index (χ1n) is 6.65. The number of hydrogen-bond acceptors (Lipinski definition) is 5. The molecule has 0 radical (unpaired) electrons. The van der Waals surface area contributed by atoms with Gasteiger partial charge in [0.1, 0.15) is 5.82 Å². The lowest BCUT2D eigenvalue weighted by molar-refractivity contribution is 0.634. The standard InChI is InChI=1S/C14H16ClN5/c15-11-12-3-1-4-13(18-12)19-7-9-20(10-8-19)14-16-5-2-6-17-14/h1-6H,7-11H2. The van der Waals surface area contributed by atoms with Gasteiger partial charge in [-0.05, 0) is 18.2 Å². The molecular weight excluding hydrogens is 274 g/mol. The Labute approximate surface area is 123 Å². The fraction of sp³-hybridized carbons (Fsp3) is 0.357. The summed E-state index contributed by atoms with van der Waals surface area (Å²) in [5.41, 5.74) is 0.915. The van der Waals surface area contributed by atoms with Gasteiger partial charge in [0.05, 0.1) is 11.6 Å². The molecule has 20 heavy (non-hydrogen) atoms. The number of pyridine rings is 1. The predicted molar refractivity (Wildman–Crippen MR) is 80.3 cm³/mol. The minimum atomic E-state index is 0.450. The number of alkyl halides is 1. The summed E-state index contributed by atoms with van der Waals surface area (Å²) in [6.07, 6.45) is 3.56. The minimum Gasteiger partial charge on any atom is -0.353 e. The molecule has 1 saturated heterocycles. The van der Waals surface area contributed by atoms with Crippen molar-refractivity contribution >= 4 is 23.4 Å². The van der Waals surface area contributed by atoms with Gasteiger partial charge >= 0.3 is 0 Å². The normalized spacial score (nSPS) is 15.4. The predicted octanol–water partition coefficient (Wildman–Crippen LogP) is 1.94. The van der Waals surface area contributed by atoms with Gasteiger partial charge in [-0.2, -0.15) is 0 Å². The summed E-state index contributed by atoms with van der Waals surface area (Å²) >= 11 is 5.84. The van der Waals surface area contributed by atoms with E-state index in [4.69, 9.17) is 11.6 Å². The van der Waals surface area contributed by atoms with Crippen molar-refractivity contribution in [2.24, 2.45) is 0 Å². The van der Waals surface area contributed by atoms with Gasteiger partial charge in [-0.3, -0.25) is 0 Å². The highest BCUT2D eigenvalue weighted by Crippen LogP contribution is 2.16. The maximum absolute atomic E-state index is 5.84. The van der Waals surface area contributed by atoms with E-state index in [1.807, 2.05) is 24.3 Å². The van der Waals surface area contributed by atoms with Crippen molar-refractivity contribution in [3.05, 3.63) is 42.4 Å². The van der Waals surface area contributed by atoms with Crippen LogP contribution in [-0.4, -0.2) is 41.1 Å². The van der Waals surface area contributed by atoms with E-state index in [1.165, 1.54) is 0 Å². The zero-order valence-electron chi connectivity index (χ0n) is 11.1. The van der Waals surface area contributed by atoms with Gasteiger partial charge in [-0.1, -0.05) is 6.07 Å². The van der Waals surface area contributed by atoms with Crippen molar-refractivity contribution in [3.8, 4) is 0 Å². The van der Waals surface area contributed by atoms with Crippen LogP contribution in [0.3, 0.4) is 0 Å². The second kappa shape index (κ2) is 6.05. The zero-order valence-corrected chi connectivity index (χ0v) is 11.9. The molecule has 1 aliphatic heterocycles. The van der Waals surface area contributed by atoms with Gasteiger partial charge in [0.25, 0.3) is 0 Å². The maximum Gasteiger partial charge on any atom is 0.225 e. The van der Waals surface area contributed by atoms with Crippen LogP contribution in [0.25, 0.3) is 0 Å². The molecule has 0 N–H and O–H groups in total. The second-order valence-corrected chi connectivity index (χ2v) is 4.91. The van der Waals surface area contributed by atoms with E-state index < -0.39 is 0 Å². The lowest BCUT2D eigenvalue weighted by Gasteiger charge is -2.35. The highest BCUT2D eigenvalue weighted by molar-refractivity contribution is 6.16. The van der Waals surface area contributed by atoms with Crippen LogP contribution in [0.1, 0.15) is 5.69 Å². The molecule has 2 aromatic heterocycles. The molecule has 6 heteroatoms. The average Bonchev–Trinajstić information content (AvgIpc) is 2.56. The van der Waals surface area contributed by atoms with Crippen LogP contribution in [0.15, 0.2) is 36.7 Å². The summed E-state index contributed by atoms with van der Waals surface area (Å²) in [5.74, 6) is 2.25. The van der Waals surface area contributed by atoms with Crippen molar-refractivity contribution in [1.82, 2.24) is 15.0 Å². The van der Waals surface area contributed by atoms with Crippen molar-refractivity contribution in [1.29, 1.82) is 0 Å². The highest BCUT2D eigenvalue weighted by Gasteiger charge is 2.19. The Morgan fingerprint density at radius 3 is 2.35 bits per heavy atom. The smallest absolute Gasteiger partial charge is 0.225 e. The molecule has 0 unspecified atom stereocenters. The molecule has 2 aromatic rings. The largest absolute Gasteiger partial charge is 0.353 e. The third kappa shape index (κ3) is 2.82. The van der Waals surface area contributed by atoms with Crippen LogP contribution in [-0.2, 0) is 5.88 Å². The number of piperazine rings is 1. The Balaban J connectivity index is 1.66. The fourth-order valence-corrected chi connectivity index (χ4v) is 2.46. The Hall–Kier alpha value is -1.88. The van der Waals surface area contributed by atoms with Gasteiger partial charge in [0.15, 0.2) is 0 Å². The number of nitrogens with zero attached hydrogens (tertiary/aromatic N) is 5. The SMILES string of the molecule is ClCc1cccc(N2CCN(c3ncccn3)CC2)n1. The van der Waals surface area contributed by atoms with Crippen LogP contribution in [0, 0.1) is 0 Å². The monoisotopic (exact) mass is 289 g/mol. The molecule has 0 aromatic carbocycles. The quantitative estimate of drug-likeness (QED) is 0.808. The molecule has 0 atom stereocenters. The Morgan fingerprint density at radius 1 is 0.950 bits per heavy atom.